The topological polar surface area (TPSA) is 89.5 Å². The van der Waals surface area contributed by atoms with Crippen LogP contribution in [0, 0.1) is 0 Å². The Labute approximate surface area is 404 Å². The number of carbonyl (C=O) groups excluding carboxylic acids is 2. The van der Waals surface area contributed by atoms with Crippen molar-refractivity contribution in [2.75, 3.05) is 27.9 Å². The number of hydrogen-bond acceptors (Lipinski definition) is 8. The fraction of sp³-hybridized carbons (Fsp3) is 0.213. The molecule has 0 unspecified atom stereocenters. The third kappa shape index (κ3) is 9.65. The number of hydrogen-bond donors (Lipinski definition) is 0. The molecule has 0 amide bonds. The summed E-state index contributed by atoms with van der Waals surface area (Å²) >= 11 is 0. The molecule has 6 aliphatic rings. The lowest BCUT2D eigenvalue weighted by atomic mass is 9.73. The highest BCUT2D eigenvalue weighted by atomic mass is 16.5. The number of rotatable bonds is 11. The van der Waals surface area contributed by atoms with Crippen LogP contribution in [0.5, 0.6) is 34.5 Å². The molecule has 12 rings (SSSR count). The van der Waals surface area contributed by atoms with E-state index in [0.717, 1.165) is 39.1 Å². The van der Waals surface area contributed by atoms with Gasteiger partial charge in [0.1, 0.15) is 40.1 Å². The third-order valence-electron chi connectivity index (χ3n) is 12.6. The van der Waals surface area contributed by atoms with Gasteiger partial charge < -0.3 is 28.4 Å². The molecule has 0 spiro atoms. The number of Topliss-reactive ketones (excluding diaryl/α,β-unsaturated/α-hetero) is 1. The van der Waals surface area contributed by atoms with E-state index in [4.69, 9.17) is 28.4 Å². The van der Waals surface area contributed by atoms with Crippen molar-refractivity contribution in [1.29, 1.82) is 0 Å². The molecule has 0 radical (unpaired) electrons. The highest BCUT2D eigenvalue weighted by molar-refractivity contribution is 6.27. The molecule has 4 heterocycles. The Balaban J connectivity index is 1.37. The van der Waals surface area contributed by atoms with E-state index in [2.05, 4.69) is 11.5 Å². The number of allylic oxidation sites excluding steroid dienone is 5. The van der Waals surface area contributed by atoms with Crippen molar-refractivity contribution in [1.82, 2.24) is 0 Å². The Morgan fingerprint density at radius 2 is 1.06 bits per heavy atom. The second-order valence-corrected chi connectivity index (χ2v) is 18.6. The predicted octanol–water partition coefficient (Wildman–Crippen LogP) is 14.2. The van der Waals surface area contributed by atoms with E-state index >= 15 is 9.59 Å². The maximum absolute atomic E-state index is 16.1. The Hall–Kier alpha value is -7.86. The Kier molecular flexibility index (Phi) is 12.8. The van der Waals surface area contributed by atoms with E-state index in [1.54, 1.807) is 45.6 Å². The van der Waals surface area contributed by atoms with Gasteiger partial charge >= 0.3 is 0 Å². The van der Waals surface area contributed by atoms with Gasteiger partial charge in [-0.05, 0) is 178 Å². The summed E-state index contributed by atoms with van der Waals surface area (Å²) in [5, 5.41) is 0. The zero-order valence-corrected chi connectivity index (χ0v) is 40.2. The lowest BCUT2D eigenvalue weighted by Crippen LogP contribution is -2.29. The van der Waals surface area contributed by atoms with Crippen LogP contribution in [0.3, 0.4) is 0 Å². The van der Waals surface area contributed by atoms with Gasteiger partial charge in [0.15, 0.2) is 11.6 Å². The number of carbonyl (C=O) groups is 2. The summed E-state index contributed by atoms with van der Waals surface area (Å²) in [5.74, 6) is 3.24. The van der Waals surface area contributed by atoms with Crippen molar-refractivity contribution in [3.63, 3.8) is 0 Å². The van der Waals surface area contributed by atoms with Crippen LogP contribution < -0.4 is 23.7 Å². The van der Waals surface area contributed by atoms with Crippen LogP contribution in [-0.2, 0) is 4.74 Å². The molecule has 0 atom stereocenters. The first-order chi connectivity index (χ1) is 33.2. The van der Waals surface area contributed by atoms with Crippen LogP contribution >= 0.6 is 0 Å². The van der Waals surface area contributed by atoms with Gasteiger partial charge in [-0.3, -0.25) is 9.59 Å². The Bertz CT molecular complexity index is 3160. The van der Waals surface area contributed by atoms with Crippen molar-refractivity contribution in [2.45, 2.75) is 58.7 Å². The Morgan fingerprint density at radius 1 is 0.565 bits per heavy atom. The molecule has 346 valence electrons. The predicted molar refractivity (Wildman–Crippen MR) is 272 cm³/mol. The average Bonchev–Trinajstić information content (AvgIpc) is 3.37. The van der Waals surface area contributed by atoms with Gasteiger partial charge in [0, 0.05) is 44.5 Å². The molecule has 0 aromatic heterocycles. The van der Waals surface area contributed by atoms with E-state index in [-0.39, 0.29) is 28.3 Å². The molecule has 0 N–H and O–H groups in total. The average molecular weight is 915 g/mol. The molecule has 0 saturated carbocycles. The van der Waals surface area contributed by atoms with Crippen molar-refractivity contribution in [2.24, 2.45) is 0 Å². The minimum Gasteiger partial charge on any atom is -0.497 e. The summed E-state index contributed by atoms with van der Waals surface area (Å²) in [4.78, 5) is 32.2. The highest BCUT2D eigenvalue weighted by Crippen LogP contribution is 2.51. The number of ketones is 2. The number of ether oxygens (including phenoxy) is 6. The van der Waals surface area contributed by atoms with Gasteiger partial charge in [0.25, 0.3) is 0 Å². The molecule has 8 nitrogen and oxygen atoms in total. The zero-order chi connectivity index (χ0) is 48.5. The maximum atomic E-state index is 16.1. The van der Waals surface area contributed by atoms with Crippen LogP contribution in [0.15, 0.2) is 174 Å². The Morgan fingerprint density at radius 3 is 1.54 bits per heavy atom. The quantitative estimate of drug-likeness (QED) is 0.0938. The van der Waals surface area contributed by atoms with Crippen molar-refractivity contribution in [3.05, 3.63) is 196 Å². The van der Waals surface area contributed by atoms with Gasteiger partial charge in [-0.2, -0.15) is 0 Å². The highest BCUT2D eigenvalue weighted by Gasteiger charge is 2.37. The second-order valence-electron chi connectivity index (χ2n) is 18.6. The third-order valence-corrected chi connectivity index (χ3v) is 12.6. The van der Waals surface area contributed by atoms with Crippen LogP contribution in [0.4, 0.5) is 0 Å². The first-order valence-electron chi connectivity index (χ1n) is 23.0. The van der Waals surface area contributed by atoms with Crippen LogP contribution in [0.25, 0.3) is 39.0 Å². The smallest absolute Gasteiger partial charge is 0.194 e. The first-order valence-corrected chi connectivity index (χ1v) is 23.0. The van der Waals surface area contributed by atoms with E-state index < -0.39 is 5.60 Å². The summed E-state index contributed by atoms with van der Waals surface area (Å²) < 4.78 is 35.8. The molecule has 0 fully saturated rings. The minimum atomic E-state index is -0.600. The number of methoxy groups -OCH3 is 3. The molecule has 4 aliphatic heterocycles. The first kappa shape index (κ1) is 46.3. The van der Waals surface area contributed by atoms with Crippen LogP contribution in [-0.4, -0.2) is 50.7 Å². The minimum absolute atomic E-state index is 0.246. The van der Waals surface area contributed by atoms with E-state index in [0.29, 0.717) is 81.6 Å². The van der Waals surface area contributed by atoms with Gasteiger partial charge in [-0.25, -0.2) is 0 Å². The van der Waals surface area contributed by atoms with Crippen LogP contribution in [0.2, 0.25) is 0 Å². The van der Waals surface area contributed by atoms with Crippen molar-refractivity contribution < 1.29 is 38.0 Å². The summed E-state index contributed by atoms with van der Waals surface area (Å²) in [6, 6.07) is 37.7. The number of benzene rings is 6. The summed E-state index contributed by atoms with van der Waals surface area (Å²) in [6.07, 6.45) is 8.87. The summed E-state index contributed by atoms with van der Waals surface area (Å²) in [7, 11) is 4.88. The fourth-order valence-electron chi connectivity index (χ4n) is 8.98. The van der Waals surface area contributed by atoms with Crippen molar-refractivity contribution in [3.8, 4) is 67.9 Å². The summed E-state index contributed by atoms with van der Waals surface area (Å²) in [6.45, 7) is 10.4. The second kappa shape index (κ2) is 19.0. The molecule has 69 heavy (non-hydrogen) atoms. The standard InChI is InChI=1S/C61H54O8/c1-60(2,3)69-51-35-33-50(34-36-51)68-49-31-21-44(22-32-49)59(63)57-55(42-19-29-48(66-8)30-20-42)53(41-17-27-47(65-7)28-18-41)52(40-15-25-46(64-6)26-16-40)54-39-11-9-38(10-12-39)37-67-61(4,5)45-23-13-43(14-24-45)58(62)56(54)57/h9,11,13,15-23,25-36H,14,24,37H2,1-8H3. The molecule has 4 bridgehead atoms. The van der Waals surface area contributed by atoms with Gasteiger partial charge in [-0.15, -0.1) is 0 Å². The van der Waals surface area contributed by atoms with E-state index in [1.165, 1.54) is 0 Å². The lowest BCUT2D eigenvalue weighted by Gasteiger charge is -2.32. The molecule has 6 aromatic rings. The fourth-order valence-corrected chi connectivity index (χ4v) is 8.98. The molecular formula is C61H54O8. The SMILES string of the molecule is COc1ccc(-c2c(C(=O)c3ccc(Oc4ccc(OC(C)(C)C)cc4)cc3)c3c(c(-c4ccc(OC)cc4)c2-c2ccc(OC)cc2)C2=C=C=C(C=C2)COC(C)(C)C2=CC=C(CC2)C3=O)cc1. The largest absolute Gasteiger partial charge is 0.497 e. The molecular weight excluding hydrogens is 861 g/mol. The van der Waals surface area contributed by atoms with E-state index in [1.807, 2.05) is 156 Å². The zero-order valence-electron chi connectivity index (χ0n) is 40.2. The molecule has 8 heteroatoms. The normalized spacial score (nSPS) is 15.0. The van der Waals surface area contributed by atoms with Crippen molar-refractivity contribution >= 4 is 17.1 Å². The molecule has 6 aromatic carbocycles. The van der Waals surface area contributed by atoms with Crippen LogP contribution in [0.1, 0.15) is 79.3 Å². The molecule has 0 saturated heterocycles. The molecule has 2 aliphatic carbocycles. The van der Waals surface area contributed by atoms with Gasteiger partial charge in [0.05, 0.1) is 33.5 Å². The van der Waals surface area contributed by atoms with Gasteiger partial charge in [0.2, 0.25) is 0 Å². The summed E-state index contributed by atoms with van der Waals surface area (Å²) in [5.41, 5.74) is 14.7. The lowest BCUT2D eigenvalue weighted by molar-refractivity contribution is 0.0238. The maximum Gasteiger partial charge on any atom is 0.194 e. The monoisotopic (exact) mass is 914 g/mol. The van der Waals surface area contributed by atoms with E-state index in [9.17, 15) is 0 Å². The van der Waals surface area contributed by atoms with Gasteiger partial charge in [-0.1, -0.05) is 60.0 Å².